The number of ether oxygens (including phenoxy) is 2. The standard InChI is InChI=1S/C22H26N2O4/c1-4-24(15-16-8-6-5-7-9-16)21(26)22(12-13-22)20(25)23-18-14-17(27-2)10-11-19(18)28-3/h5-11,14H,4,12-13,15H2,1-3H3,(H,23,25). The third-order valence-electron chi connectivity index (χ3n) is 5.13. The second-order valence-electron chi connectivity index (χ2n) is 6.91. The highest BCUT2D eigenvalue weighted by Crippen LogP contribution is 2.49. The maximum atomic E-state index is 13.2. The molecule has 2 amide bonds. The molecule has 1 N–H and O–H groups in total. The average molecular weight is 382 g/mol. The predicted molar refractivity (Wildman–Crippen MR) is 107 cm³/mol. The molecule has 0 atom stereocenters. The largest absolute Gasteiger partial charge is 0.497 e. The van der Waals surface area contributed by atoms with Gasteiger partial charge in [0, 0.05) is 19.2 Å². The molecule has 6 nitrogen and oxygen atoms in total. The Morgan fingerprint density at radius 2 is 1.79 bits per heavy atom. The van der Waals surface area contributed by atoms with E-state index in [1.54, 1.807) is 30.2 Å². The number of rotatable bonds is 8. The summed E-state index contributed by atoms with van der Waals surface area (Å²) in [5.74, 6) is 0.703. The highest BCUT2D eigenvalue weighted by atomic mass is 16.5. The van der Waals surface area contributed by atoms with Gasteiger partial charge in [0.05, 0.1) is 19.9 Å². The van der Waals surface area contributed by atoms with E-state index in [1.807, 2.05) is 37.3 Å². The first-order chi connectivity index (χ1) is 13.5. The molecular weight excluding hydrogens is 356 g/mol. The molecule has 0 heterocycles. The van der Waals surface area contributed by atoms with E-state index >= 15 is 0 Å². The van der Waals surface area contributed by atoms with Crippen molar-refractivity contribution < 1.29 is 19.1 Å². The monoisotopic (exact) mass is 382 g/mol. The summed E-state index contributed by atoms with van der Waals surface area (Å²) in [6.45, 7) is 2.97. The van der Waals surface area contributed by atoms with Crippen LogP contribution in [0.2, 0.25) is 0 Å². The van der Waals surface area contributed by atoms with Gasteiger partial charge in [-0.2, -0.15) is 0 Å². The molecule has 0 aromatic heterocycles. The Bertz CT molecular complexity index is 847. The van der Waals surface area contributed by atoms with Gasteiger partial charge in [-0.05, 0) is 37.5 Å². The number of benzene rings is 2. The van der Waals surface area contributed by atoms with Crippen LogP contribution in [0.25, 0.3) is 0 Å². The molecule has 0 aliphatic heterocycles. The molecule has 1 aliphatic carbocycles. The van der Waals surface area contributed by atoms with Crippen LogP contribution in [-0.4, -0.2) is 37.5 Å². The number of carbonyl (C=O) groups is 2. The van der Waals surface area contributed by atoms with Crippen LogP contribution in [-0.2, 0) is 16.1 Å². The summed E-state index contributed by atoms with van der Waals surface area (Å²) in [7, 11) is 3.09. The van der Waals surface area contributed by atoms with Crippen LogP contribution in [0, 0.1) is 5.41 Å². The lowest BCUT2D eigenvalue weighted by molar-refractivity contribution is -0.142. The fourth-order valence-corrected chi connectivity index (χ4v) is 3.25. The molecule has 0 spiro atoms. The molecule has 1 fully saturated rings. The number of nitrogens with zero attached hydrogens (tertiary/aromatic N) is 1. The average Bonchev–Trinajstić information content (AvgIpc) is 3.54. The maximum Gasteiger partial charge on any atom is 0.240 e. The lowest BCUT2D eigenvalue weighted by atomic mass is 10.0. The summed E-state index contributed by atoms with van der Waals surface area (Å²) >= 11 is 0. The second kappa shape index (κ2) is 8.33. The Morgan fingerprint density at radius 3 is 2.36 bits per heavy atom. The van der Waals surface area contributed by atoms with E-state index in [1.165, 1.54) is 7.11 Å². The Morgan fingerprint density at radius 1 is 1.07 bits per heavy atom. The summed E-state index contributed by atoms with van der Waals surface area (Å²) in [4.78, 5) is 27.9. The number of nitrogens with one attached hydrogen (secondary N) is 1. The molecule has 1 saturated carbocycles. The minimum absolute atomic E-state index is 0.127. The quantitative estimate of drug-likeness (QED) is 0.710. The molecule has 0 unspecified atom stereocenters. The summed E-state index contributed by atoms with van der Waals surface area (Å²) in [5.41, 5.74) is 0.541. The SMILES string of the molecule is CCN(Cc1ccccc1)C(=O)C1(C(=O)Nc2cc(OC)ccc2OC)CC1. The topological polar surface area (TPSA) is 67.9 Å². The summed E-state index contributed by atoms with van der Waals surface area (Å²) in [6.07, 6.45) is 1.10. The van der Waals surface area contributed by atoms with E-state index in [9.17, 15) is 9.59 Å². The molecule has 0 radical (unpaired) electrons. The van der Waals surface area contributed by atoms with Gasteiger partial charge in [-0.15, -0.1) is 0 Å². The number of methoxy groups -OCH3 is 2. The summed E-state index contributed by atoms with van der Waals surface area (Å²) < 4.78 is 10.5. The molecule has 2 aromatic rings. The molecule has 28 heavy (non-hydrogen) atoms. The van der Waals surface area contributed by atoms with E-state index in [4.69, 9.17) is 9.47 Å². The molecule has 2 aromatic carbocycles. The number of hydrogen-bond donors (Lipinski definition) is 1. The van der Waals surface area contributed by atoms with Crippen LogP contribution in [0.3, 0.4) is 0 Å². The molecule has 6 heteroatoms. The van der Waals surface area contributed by atoms with Gasteiger partial charge in [0.15, 0.2) is 0 Å². The zero-order chi connectivity index (χ0) is 20.1. The van der Waals surface area contributed by atoms with E-state index in [0.717, 1.165) is 5.56 Å². The van der Waals surface area contributed by atoms with Gasteiger partial charge in [0.1, 0.15) is 16.9 Å². The van der Waals surface area contributed by atoms with Gasteiger partial charge in [0.25, 0.3) is 0 Å². The van der Waals surface area contributed by atoms with Crippen molar-refractivity contribution in [1.29, 1.82) is 0 Å². The van der Waals surface area contributed by atoms with Crippen molar-refractivity contribution in [2.24, 2.45) is 5.41 Å². The number of hydrogen-bond acceptors (Lipinski definition) is 4. The van der Waals surface area contributed by atoms with Crippen LogP contribution < -0.4 is 14.8 Å². The molecule has 3 rings (SSSR count). The van der Waals surface area contributed by atoms with E-state index < -0.39 is 5.41 Å². The summed E-state index contributed by atoms with van der Waals surface area (Å²) in [5, 5.41) is 2.87. The third kappa shape index (κ3) is 3.96. The minimum Gasteiger partial charge on any atom is -0.497 e. The normalized spacial score (nSPS) is 14.1. The van der Waals surface area contributed by atoms with Gasteiger partial charge in [0.2, 0.25) is 11.8 Å². The molecular formula is C22H26N2O4. The maximum absolute atomic E-state index is 13.2. The Kier molecular flexibility index (Phi) is 5.87. The lowest BCUT2D eigenvalue weighted by Crippen LogP contribution is -2.42. The number of carbonyl (C=O) groups excluding carboxylic acids is 2. The van der Waals surface area contributed by atoms with E-state index in [2.05, 4.69) is 5.32 Å². The zero-order valence-electron chi connectivity index (χ0n) is 16.5. The van der Waals surface area contributed by atoms with Gasteiger partial charge in [-0.3, -0.25) is 9.59 Å². The fourth-order valence-electron chi connectivity index (χ4n) is 3.25. The van der Waals surface area contributed by atoms with Crippen molar-refractivity contribution >= 4 is 17.5 Å². The van der Waals surface area contributed by atoms with Gasteiger partial charge >= 0.3 is 0 Å². The highest BCUT2D eigenvalue weighted by Gasteiger charge is 2.58. The lowest BCUT2D eigenvalue weighted by Gasteiger charge is -2.26. The van der Waals surface area contributed by atoms with Crippen molar-refractivity contribution in [1.82, 2.24) is 4.90 Å². The highest BCUT2D eigenvalue weighted by molar-refractivity contribution is 6.13. The van der Waals surface area contributed by atoms with Crippen molar-refractivity contribution in [2.75, 3.05) is 26.1 Å². The third-order valence-corrected chi connectivity index (χ3v) is 5.13. The van der Waals surface area contributed by atoms with Crippen LogP contribution in [0.15, 0.2) is 48.5 Å². The van der Waals surface area contributed by atoms with Crippen LogP contribution in [0.4, 0.5) is 5.69 Å². The van der Waals surface area contributed by atoms with E-state index in [-0.39, 0.29) is 11.8 Å². The minimum atomic E-state index is -1.00. The van der Waals surface area contributed by atoms with Gasteiger partial charge in [-0.1, -0.05) is 30.3 Å². The smallest absolute Gasteiger partial charge is 0.240 e. The molecule has 0 saturated heterocycles. The van der Waals surface area contributed by atoms with Gasteiger partial charge in [-0.25, -0.2) is 0 Å². The van der Waals surface area contributed by atoms with Crippen LogP contribution >= 0.6 is 0 Å². The molecule has 0 bridgehead atoms. The first-order valence-electron chi connectivity index (χ1n) is 9.41. The summed E-state index contributed by atoms with van der Waals surface area (Å²) in [6, 6.07) is 15.0. The second-order valence-corrected chi connectivity index (χ2v) is 6.91. The van der Waals surface area contributed by atoms with Crippen LogP contribution in [0.1, 0.15) is 25.3 Å². The Hall–Kier alpha value is -3.02. The predicted octanol–water partition coefficient (Wildman–Crippen LogP) is 3.47. The number of amides is 2. The Labute approximate surface area is 165 Å². The molecule has 1 aliphatic rings. The van der Waals surface area contributed by atoms with E-state index in [0.29, 0.717) is 43.1 Å². The van der Waals surface area contributed by atoms with Crippen molar-refractivity contribution in [3.8, 4) is 11.5 Å². The van der Waals surface area contributed by atoms with Crippen molar-refractivity contribution in [3.05, 3.63) is 54.1 Å². The number of anilines is 1. The fraction of sp³-hybridized carbons (Fsp3) is 0.364. The van der Waals surface area contributed by atoms with Crippen LogP contribution in [0.5, 0.6) is 11.5 Å². The first-order valence-corrected chi connectivity index (χ1v) is 9.41. The van der Waals surface area contributed by atoms with Gasteiger partial charge < -0.3 is 19.7 Å². The Balaban J connectivity index is 1.76. The first kappa shape index (κ1) is 19.7. The van der Waals surface area contributed by atoms with Crippen molar-refractivity contribution in [3.63, 3.8) is 0 Å². The molecule has 148 valence electrons. The van der Waals surface area contributed by atoms with Crippen molar-refractivity contribution in [2.45, 2.75) is 26.3 Å². The zero-order valence-corrected chi connectivity index (χ0v) is 16.5.